The van der Waals surface area contributed by atoms with Gasteiger partial charge >= 0.3 is 0 Å². The van der Waals surface area contributed by atoms with Crippen molar-refractivity contribution in [3.8, 4) is 11.5 Å². The molecule has 2 aromatic rings. The molecule has 3 nitrogen and oxygen atoms in total. The van der Waals surface area contributed by atoms with Crippen LogP contribution >= 0.6 is 0 Å². The molecule has 1 N–H and O–H groups in total. The molecule has 2 rings (SSSR count). The Labute approximate surface area is 136 Å². The number of hydrogen-bond donors (Lipinski definition) is 1. The van der Waals surface area contributed by atoms with Gasteiger partial charge in [0, 0.05) is 13.1 Å². The van der Waals surface area contributed by atoms with Crippen molar-refractivity contribution < 1.29 is 13.9 Å². The van der Waals surface area contributed by atoms with Crippen molar-refractivity contribution in [1.29, 1.82) is 0 Å². The number of nitrogens with one attached hydrogen (secondary N) is 1. The van der Waals surface area contributed by atoms with Gasteiger partial charge in [0.1, 0.15) is 12.4 Å². The van der Waals surface area contributed by atoms with Crippen molar-refractivity contribution in [2.24, 2.45) is 0 Å². The zero-order valence-corrected chi connectivity index (χ0v) is 13.6. The second kappa shape index (κ2) is 8.34. The highest BCUT2D eigenvalue weighted by Gasteiger charge is 2.06. The van der Waals surface area contributed by atoms with E-state index >= 15 is 0 Å². The molecule has 0 heterocycles. The molecule has 2 aromatic carbocycles. The average Bonchev–Trinajstić information content (AvgIpc) is 2.55. The summed E-state index contributed by atoms with van der Waals surface area (Å²) in [5.74, 6) is 1.19. The number of halogens is 1. The maximum absolute atomic E-state index is 12.9. The Morgan fingerprint density at radius 2 is 1.70 bits per heavy atom. The molecule has 0 aliphatic heterocycles. The minimum absolute atomic E-state index is 0.219. The van der Waals surface area contributed by atoms with Crippen molar-refractivity contribution in [2.75, 3.05) is 13.7 Å². The lowest BCUT2D eigenvalue weighted by molar-refractivity contribution is 0.319. The molecular formula is C19H22FNO2. The second-order valence-corrected chi connectivity index (χ2v) is 5.46. The van der Waals surface area contributed by atoms with Gasteiger partial charge in [-0.25, -0.2) is 4.39 Å². The van der Waals surface area contributed by atoms with Crippen LogP contribution in [0.2, 0.25) is 0 Å². The lowest BCUT2D eigenvalue weighted by Gasteiger charge is -2.13. The standard InChI is InChI=1S/C19H22FNO2/c1-14(2)13-23-19-10-16(6-9-18(19)22-3)12-21-11-15-4-7-17(20)8-5-15/h4-10,21H,1,11-13H2,2-3H3. The normalized spacial score (nSPS) is 10.4. The summed E-state index contributed by atoms with van der Waals surface area (Å²) in [5.41, 5.74) is 3.08. The number of benzene rings is 2. The summed E-state index contributed by atoms with van der Waals surface area (Å²) in [6.45, 7) is 7.57. The summed E-state index contributed by atoms with van der Waals surface area (Å²) in [6, 6.07) is 12.3. The minimum Gasteiger partial charge on any atom is -0.493 e. The number of hydrogen-bond acceptors (Lipinski definition) is 3. The predicted octanol–water partition coefficient (Wildman–Crippen LogP) is 4.08. The van der Waals surface area contributed by atoms with Gasteiger partial charge in [0.05, 0.1) is 7.11 Å². The molecule has 0 aromatic heterocycles. The maximum Gasteiger partial charge on any atom is 0.161 e. The van der Waals surface area contributed by atoms with E-state index in [0.29, 0.717) is 31.2 Å². The average molecular weight is 315 g/mol. The summed E-state index contributed by atoms with van der Waals surface area (Å²) in [7, 11) is 1.62. The first-order valence-electron chi connectivity index (χ1n) is 7.47. The Morgan fingerprint density at radius 1 is 1.04 bits per heavy atom. The smallest absolute Gasteiger partial charge is 0.161 e. The van der Waals surface area contributed by atoms with Gasteiger partial charge in [0.25, 0.3) is 0 Å². The summed E-state index contributed by atoms with van der Waals surface area (Å²) < 4.78 is 23.9. The van der Waals surface area contributed by atoms with Crippen LogP contribution in [-0.4, -0.2) is 13.7 Å². The Morgan fingerprint density at radius 3 is 2.35 bits per heavy atom. The first-order chi connectivity index (χ1) is 11.1. The topological polar surface area (TPSA) is 30.5 Å². The van der Waals surface area contributed by atoms with Crippen LogP contribution in [0.15, 0.2) is 54.6 Å². The second-order valence-electron chi connectivity index (χ2n) is 5.46. The highest BCUT2D eigenvalue weighted by Crippen LogP contribution is 2.28. The summed E-state index contributed by atoms with van der Waals surface area (Å²) in [4.78, 5) is 0. The third kappa shape index (κ3) is 5.42. The predicted molar refractivity (Wildman–Crippen MR) is 90.2 cm³/mol. The summed E-state index contributed by atoms with van der Waals surface area (Å²) in [5, 5.41) is 3.33. The molecule has 4 heteroatoms. The number of methoxy groups -OCH3 is 1. The fourth-order valence-corrected chi connectivity index (χ4v) is 2.10. The van der Waals surface area contributed by atoms with E-state index in [9.17, 15) is 4.39 Å². The molecule has 0 saturated carbocycles. The number of ether oxygens (including phenoxy) is 2. The maximum atomic E-state index is 12.9. The highest BCUT2D eigenvalue weighted by molar-refractivity contribution is 5.43. The third-order valence-corrected chi connectivity index (χ3v) is 3.27. The molecule has 0 radical (unpaired) electrons. The van der Waals surface area contributed by atoms with Gasteiger partial charge in [-0.15, -0.1) is 0 Å². The van der Waals surface area contributed by atoms with Gasteiger partial charge in [-0.05, 0) is 47.9 Å². The van der Waals surface area contributed by atoms with Crippen LogP contribution in [0.5, 0.6) is 11.5 Å². The van der Waals surface area contributed by atoms with E-state index in [-0.39, 0.29) is 5.82 Å². The van der Waals surface area contributed by atoms with Crippen LogP contribution in [0.25, 0.3) is 0 Å². The van der Waals surface area contributed by atoms with E-state index in [0.717, 1.165) is 16.7 Å². The quantitative estimate of drug-likeness (QED) is 0.745. The van der Waals surface area contributed by atoms with Gasteiger partial charge in [-0.2, -0.15) is 0 Å². The molecule has 122 valence electrons. The van der Waals surface area contributed by atoms with Crippen LogP contribution in [0.1, 0.15) is 18.1 Å². The highest BCUT2D eigenvalue weighted by atomic mass is 19.1. The van der Waals surface area contributed by atoms with Crippen LogP contribution in [0.4, 0.5) is 4.39 Å². The molecule has 0 amide bonds. The summed E-state index contributed by atoms with van der Waals surface area (Å²) in [6.07, 6.45) is 0. The van der Waals surface area contributed by atoms with Crippen molar-refractivity contribution in [2.45, 2.75) is 20.0 Å². The SMILES string of the molecule is C=C(C)COc1cc(CNCc2ccc(F)cc2)ccc1OC. The largest absolute Gasteiger partial charge is 0.493 e. The lowest BCUT2D eigenvalue weighted by atomic mass is 10.2. The van der Waals surface area contributed by atoms with Gasteiger partial charge in [-0.1, -0.05) is 24.8 Å². The van der Waals surface area contributed by atoms with Crippen LogP contribution < -0.4 is 14.8 Å². The molecule has 0 aliphatic carbocycles. The Bertz CT molecular complexity index is 653. The van der Waals surface area contributed by atoms with E-state index in [1.165, 1.54) is 12.1 Å². The molecule has 0 bridgehead atoms. The Hall–Kier alpha value is -2.33. The van der Waals surface area contributed by atoms with E-state index in [1.54, 1.807) is 19.2 Å². The number of rotatable bonds is 8. The third-order valence-electron chi connectivity index (χ3n) is 3.27. The summed E-state index contributed by atoms with van der Waals surface area (Å²) >= 11 is 0. The van der Waals surface area contributed by atoms with Crippen molar-refractivity contribution in [3.63, 3.8) is 0 Å². The van der Waals surface area contributed by atoms with Crippen LogP contribution in [0, 0.1) is 5.82 Å². The first kappa shape index (κ1) is 17.0. The van der Waals surface area contributed by atoms with E-state index < -0.39 is 0 Å². The van der Waals surface area contributed by atoms with E-state index in [2.05, 4.69) is 11.9 Å². The fraction of sp³-hybridized carbons (Fsp3) is 0.263. The molecule has 0 saturated heterocycles. The Balaban J connectivity index is 1.95. The van der Waals surface area contributed by atoms with Gasteiger partial charge < -0.3 is 14.8 Å². The Kier molecular flexibility index (Phi) is 6.18. The van der Waals surface area contributed by atoms with Crippen molar-refractivity contribution >= 4 is 0 Å². The zero-order chi connectivity index (χ0) is 16.7. The van der Waals surface area contributed by atoms with Crippen LogP contribution in [-0.2, 0) is 13.1 Å². The van der Waals surface area contributed by atoms with Crippen molar-refractivity contribution in [1.82, 2.24) is 5.32 Å². The molecule has 0 unspecified atom stereocenters. The van der Waals surface area contributed by atoms with E-state index in [4.69, 9.17) is 9.47 Å². The molecule has 0 fully saturated rings. The van der Waals surface area contributed by atoms with Gasteiger partial charge in [-0.3, -0.25) is 0 Å². The van der Waals surface area contributed by atoms with Gasteiger partial charge in [0.2, 0.25) is 0 Å². The molecule has 0 spiro atoms. The molecular weight excluding hydrogens is 293 g/mol. The lowest BCUT2D eigenvalue weighted by Crippen LogP contribution is -2.13. The molecule has 0 aliphatic rings. The minimum atomic E-state index is -0.219. The van der Waals surface area contributed by atoms with E-state index in [1.807, 2.05) is 25.1 Å². The molecule has 23 heavy (non-hydrogen) atoms. The zero-order valence-electron chi connectivity index (χ0n) is 13.6. The van der Waals surface area contributed by atoms with Crippen molar-refractivity contribution in [3.05, 3.63) is 71.6 Å². The first-order valence-corrected chi connectivity index (χ1v) is 7.47. The molecule has 0 atom stereocenters. The van der Waals surface area contributed by atoms with Gasteiger partial charge in [0.15, 0.2) is 11.5 Å². The van der Waals surface area contributed by atoms with Crippen LogP contribution in [0.3, 0.4) is 0 Å². The fourth-order valence-electron chi connectivity index (χ4n) is 2.10. The monoisotopic (exact) mass is 315 g/mol.